The molecule has 0 aliphatic heterocycles. The molecule has 132 valence electrons. The Bertz CT molecular complexity index is 891. The maximum absolute atomic E-state index is 12.2. The van der Waals surface area contributed by atoms with Crippen LogP contribution in [0.4, 0.5) is 0 Å². The van der Waals surface area contributed by atoms with Crippen LogP contribution in [0.2, 0.25) is 0 Å². The molecule has 0 fully saturated rings. The number of esters is 1. The van der Waals surface area contributed by atoms with Crippen LogP contribution in [0.5, 0.6) is 17.2 Å². The van der Waals surface area contributed by atoms with E-state index in [-0.39, 0.29) is 5.75 Å². The van der Waals surface area contributed by atoms with Gasteiger partial charge in [0.2, 0.25) is 5.75 Å². The molecule has 0 spiro atoms. The second-order valence-corrected chi connectivity index (χ2v) is 6.43. The fourth-order valence-electron chi connectivity index (χ4n) is 2.40. The van der Waals surface area contributed by atoms with E-state index in [1.165, 1.54) is 20.3 Å². The van der Waals surface area contributed by atoms with Crippen LogP contribution in [0, 0.1) is 0 Å². The molecule has 0 unspecified atom stereocenters. The average molecular weight is 366 g/mol. The first-order valence-electron chi connectivity index (χ1n) is 7.97. The molecule has 0 amide bonds. The highest BCUT2D eigenvalue weighted by Gasteiger charge is 2.14. The first-order valence-corrected chi connectivity index (χ1v) is 8.79. The SMILES string of the molecule is COc1cccc(OC)c1OC(=O)/C=C/c1ccc(-c2ccccc2)s1. The molecule has 26 heavy (non-hydrogen) atoms. The number of methoxy groups -OCH3 is 2. The zero-order valence-corrected chi connectivity index (χ0v) is 15.3. The third kappa shape index (κ3) is 4.13. The Balaban J connectivity index is 1.72. The minimum Gasteiger partial charge on any atom is -0.493 e. The van der Waals surface area contributed by atoms with Crippen molar-refractivity contribution in [1.82, 2.24) is 0 Å². The van der Waals surface area contributed by atoms with Crippen LogP contribution < -0.4 is 14.2 Å². The fourth-order valence-corrected chi connectivity index (χ4v) is 3.32. The maximum Gasteiger partial charge on any atom is 0.336 e. The molecular formula is C21H18O4S. The van der Waals surface area contributed by atoms with Gasteiger partial charge in [-0.25, -0.2) is 4.79 Å². The summed E-state index contributed by atoms with van der Waals surface area (Å²) in [6, 6.07) is 19.3. The molecule has 0 saturated heterocycles. The summed E-state index contributed by atoms with van der Waals surface area (Å²) >= 11 is 1.61. The number of para-hydroxylation sites is 1. The topological polar surface area (TPSA) is 44.8 Å². The molecule has 1 heterocycles. The largest absolute Gasteiger partial charge is 0.493 e. The van der Waals surface area contributed by atoms with Gasteiger partial charge in [-0.15, -0.1) is 11.3 Å². The van der Waals surface area contributed by atoms with Crippen molar-refractivity contribution < 1.29 is 19.0 Å². The first kappa shape index (κ1) is 17.8. The Morgan fingerprint density at radius 1 is 0.885 bits per heavy atom. The fraction of sp³-hybridized carbons (Fsp3) is 0.0952. The van der Waals surface area contributed by atoms with E-state index in [9.17, 15) is 4.79 Å². The molecular weight excluding hydrogens is 348 g/mol. The first-order chi connectivity index (χ1) is 12.7. The van der Waals surface area contributed by atoms with Gasteiger partial charge in [0.15, 0.2) is 11.5 Å². The smallest absolute Gasteiger partial charge is 0.336 e. The van der Waals surface area contributed by atoms with E-state index < -0.39 is 5.97 Å². The van der Waals surface area contributed by atoms with Crippen LogP contribution in [0.15, 0.2) is 66.7 Å². The Hall–Kier alpha value is -3.05. The van der Waals surface area contributed by atoms with E-state index in [1.807, 2.05) is 30.3 Å². The quantitative estimate of drug-likeness (QED) is 0.348. The van der Waals surface area contributed by atoms with E-state index in [0.717, 1.165) is 15.3 Å². The standard InChI is InChI=1S/C21H18O4S/c1-23-17-9-6-10-18(24-2)21(17)25-20(22)14-12-16-11-13-19(26-16)15-7-4-3-5-8-15/h3-14H,1-2H3/b14-12+. The van der Waals surface area contributed by atoms with Crippen molar-refractivity contribution in [1.29, 1.82) is 0 Å². The van der Waals surface area contributed by atoms with Crippen molar-refractivity contribution in [2.24, 2.45) is 0 Å². The number of rotatable bonds is 6. The third-order valence-electron chi connectivity index (χ3n) is 3.65. The Labute approximate surface area is 156 Å². The summed E-state index contributed by atoms with van der Waals surface area (Å²) < 4.78 is 15.8. The number of benzene rings is 2. The van der Waals surface area contributed by atoms with Crippen molar-refractivity contribution in [3.05, 3.63) is 71.6 Å². The van der Waals surface area contributed by atoms with Crippen LogP contribution in [-0.4, -0.2) is 20.2 Å². The van der Waals surface area contributed by atoms with Crippen molar-refractivity contribution >= 4 is 23.4 Å². The lowest BCUT2D eigenvalue weighted by atomic mass is 10.2. The summed E-state index contributed by atoms with van der Waals surface area (Å²) in [6.07, 6.45) is 3.13. The molecule has 2 aromatic carbocycles. The van der Waals surface area contributed by atoms with Crippen LogP contribution in [-0.2, 0) is 4.79 Å². The van der Waals surface area contributed by atoms with Crippen LogP contribution in [0.25, 0.3) is 16.5 Å². The van der Waals surface area contributed by atoms with Gasteiger partial charge in [0.1, 0.15) is 0 Å². The van der Waals surface area contributed by atoms with Crippen LogP contribution >= 0.6 is 11.3 Å². The van der Waals surface area contributed by atoms with Crippen LogP contribution in [0.1, 0.15) is 4.88 Å². The molecule has 0 saturated carbocycles. The normalized spacial score (nSPS) is 10.7. The molecule has 0 N–H and O–H groups in total. The van der Waals surface area contributed by atoms with Gasteiger partial charge in [0.05, 0.1) is 14.2 Å². The Morgan fingerprint density at radius 3 is 2.23 bits per heavy atom. The zero-order chi connectivity index (χ0) is 18.4. The lowest BCUT2D eigenvalue weighted by molar-refractivity contribution is -0.129. The molecule has 0 atom stereocenters. The van der Waals surface area contributed by atoms with Crippen LogP contribution in [0.3, 0.4) is 0 Å². The molecule has 0 bridgehead atoms. The minimum atomic E-state index is -0.498. The number of hydrogen-bond donors (Lipinski definition) is 0. The second-order valence-electron chi connectivity index (χ2n) is 5.31. The molecule has 3 aromatic rings. The molecule has 0 aliphatic rings. The molecule has 0 aliphatic carbocycles. The average Bonchev–Trinajstić information content (AvgIpc) is 3.16. The van der Waals surface area contributed by atoms with Crippen molar-refractivity contribution in [3.63, 3.8) is 0 Å². The summed E-state index contributed by atoms with van der Waals surface area (Å²) in [5.74, 6) is 0.646. The highest BCUT2D eigenvalue weighted by Crippen LogP contribution is 2.37. The van der Waals surface area contributed by atoms with Crippen molar-refractivity contribution in [2.45, 2.75) is 0 Å². The highest BCUT2D eigenvalue weighted by molar-refractivity contribution is 7.16. The van der Waals surface area contributed by atoms with Gasteiger partial charge in [-0.05, 0) is 35.9 Å². The molecule has 5 heteroatoms. The lowest BCUT2D eigenvalue weighted by Crippen LogP contribution is -2.06. The number of carbonyl (C=O) groups excluding carboxylic acids is 1. The number of thiophene rings is 1. The summed E-state index contributed by atoms with van der Waals surface area (Å²) in [5, 5.41) is 0. The Kier molecular flexibility index (Phi) is 5.71. The summed E-state index contributed by atoms with van der Waals surface area (Å²) in [7, 11) is 3.03. The Morgan fingerprint density at radius 2 is 1.58 bits per heavy atom. The molecule has 0 radical (unpaired) electrons. The van der Waals surface area contributed by atoms with E-state index in [4.69, 9.17) is 14.2 Å². The van der Waals surface area contributed by atoms with Gasteiger partial charge in [0, 0.05) is 15.8 Å². The second kappa shape index (κ2) is 8.36. The van der Waals surface area contributed by atoms with Gasteiger partial charge in [-0.3, -0.25) is 0 Å². The third-order valence-corrected chi connectivity index (χ3v) is 4.75. The number of hydrogen-bond acceptors (Lipinski definition) is 5. The van der Waals surface area contributed by atoms with Gasteiger partial charge in [-0.2, -0.15) is 0 Å². The highest BCUT2D eigenvalue weighted by atomic mass is 32.1. The monoisotopic (exact) mass is 366 g/mol. The summed E-state index contributed by atoms with van der Waals surface area (Å²) in [6.45, 7) is 0. The molecule has 1 aromatic heterocycles. The van der Waals surface area contributed by atoms with Gasteiger partial charge >= 0.3 is 5.97 Å². The van der Waals surface area contributed by atoms with Gasteiger partial charge in [0.25, 0.3) is 0 Å². The predicted octanol–water partition coefficient (Wildman–Crippen LogP) is 5.05. The maximum atomic E-state index is 12.2. The molecule has 3 rings (SSSR count). The van der Waals surface area contributed by atoms with E-state index in [1.54, 1.807) is 35.6 Å². The van der Waals surface area contributed by atoms with Gasteiger partial charge < -0.3 is 14.2 Å². The van der Waals surface area contributed by atoms with Crippen molar-refractivity contribution in [2.75, 3.05) is 14.2 Å². The number of carbonyl (C=O) groups is 1. The lowest BCUT2D eigenvalue weighted by Gasteiger charge is -2.11. The van der Waals surface area contributed by atoms with Gasteiger partial charge in [-0.1, -0.05) is 36.4 Å². The van der Waals surface area contributed by atoms with Crippen molar-refractivity contribution in [3.8, 4) is 27.7 Å². The number of ether oxygens (including phenoxy) is 3. The predicted molar refractivity (Wildman–Crippen MR) is 104 cm³/mol. The summed E-state index contributed by atoms with van der Waals surface area (Å²) in [5.41, 5.74) is 1.15. The minimum absolute atomic E-state index is 0.267. The summed E-state index contributed by atoms with van der Waals surface area (Å²) in [4.78, 5) is 14.3. The van der Waals surface area contributed by atoms with E-state index in [2.05, 4.69) is 12.1 Å². The van der Waals surface area contributed by atoms with E-state index >= 15 is 0 Å². The van der Waals surface area contributed by atoms with E-state index in [0.29, 0.717) is 11.5 Å². The zero-order valence-electron chi connectivity index (χ0n) is 14.5. The molecule has 4 nitrogen and oxygen atoms in total.